The Labute approximate surface area is 388 Å². The minimum Gasteiger partial charge on any atom is -0.456 e. The summed E-state index contributed by atoms with van der Waals surface area (Å²) in [7, 11) is 0. The van der Waals surface area contributed by atoms with Crippen LogP contribution in [0.1, 0.15) is 102 Å². The molecule has 2 heterocycles. The molecule has 7 N–H and O–H groups in total. The second kappa shape index (κ2) is 19.4. The second-order valence-corrected chi connectivity index (χ2v) is 19.3. The maximum atomic E-state index is 15.7. The third kappa shape index (κ3) is 8.85. The van der Waals surface area contributed by atoms with Crippen molar-refractivity contribution in [2.45, 2.75) is 159 Å². The zero-order valence-corrected chi connectivity index (χ0v) is 38.5. The number of benzene rings is 2. The van der Waals surface area contributed by atoms with Gasteiger partial charge in [0.25, 0.3) is 0 Å². The summed E-state index contributed by atoms with van der Waals surface area (Å²) in [6.07, 6.45) is -15.2. The molecule has 1 unspecified atom stereocenters. The van der Waals surface area contributed by atoms with Crippen LogP contribution in [0.2, 0.25) is 0 Å². The van der Waals surface area contributed by atoms with Gasteiger partial charge in [-0.1, -0.05) is 82.1 Å². The molecule has 7 rings (SSSR count). The highest BCUT2D eigenvalue weighted by atomic mass is 16.7. The van der Waals surface area contributed by atoms with Crippen molar-refractivity contribution in [2.75, 3.05) is 13.2 Å². The fourth-order valence-corrected chi connectivity index (χ4v) is 11.1. The summed E-state index contributed by atoms with van der Waals surface area (Å²) in [4.78, 5) is 70.8. The lowest BCUT2D eigenvalue weighted by molar-refractivity contribution is -0.366. The number of ketones is 1. The molecule has 2 bridgehead atoms. The van der Waals surface area contributed by atoms with E-state index in [0.717, 1.165) is 19.8 Å². The largest absolute Gasteiger partial charge is 0.456 e. The van der Waals surface area contributed by atoms with E-state index in [2.05, 4.69) is 5.32 Å². The highest BCUT2D eigenvalue weighted by Crippen LogP contribution is 2.65. The van der Waals surface area contributed by atoms with Gasteiger partial charge in [0.1, 0.15) is 48.3 Å². The molecule has 15 atom stereocenters. The normalized spacial score (nSPS) is 36.4. The molecule has 366 valence electrons. The summed E-state index contributed by atoms with van der Waals surface area (Å²) in [5.41, 5.74) is -7.69. The van der Waals surface area contributed by atoms with Crippen LogP contribution in [-0.4, -0.2) is 146 Å². The lowest BCUT2D eigenvalue weighted by Crippen LogP contribution is -2.82. The number of fused-ring (bicyclic) bond motifs is 5. The lowest BCUT2D eigenvalue weighted by atomic mass is 9.44. The number of aliphatic hydroxyl groups is 6. The van der Waals surface area contributed by atoms with Crippen LogP contribution in [0.4, 0.5) is 0 Å². The van der Waals surface area contributed by atoms with Gasteiger partial charge in [-0.3, -0.25) is 14.4 Å². The summed E-state index contributed by atoms with van der Waals surface area (Å²) >= 11 is 0. The van der Waals surface area contributed by atoms with E-state index < -0.39 is 138 Å². The van der Waals surface area contributed by atoms with Crippen LogP contribution < -0.4 is 5.32 Å². The molecule has 4 fully saturated rings. The first kappa shape index (κ1) is 50.3. The molecular formula is C49H63NO17. The van der Waals surface area contributed by atoms with Gasteiger partial charge in [0, 0.05) is 31.6 Å². The fraction of sp³-hybridized carbons (Fsp3) is 0.612. The van der Waals surface area contributed by atoms with Gasteiger partial charge in [-0.25, -0.2) is 9.59 Å². The van der Waals surface area contributed by atoms with E-state index in [4.69, 9.17) is 28.4 Å². The topological polar surface area (TPSA) is 274 Å². The quantitative estimate of drug-likeness (QED) is 0.0617. The predicted octanol–water partition coefficient (Wildman–Crippen LogP) is 1.89. The second-order valence-electron chi connectivity index (χ2n) is 19.3. The van der Waals surface area contributed by atoms with Crippen molar-refractivity contribution in [2.24, 2.45) is 16.7 Å². The van der Waals surface area contributed by atoms with Gasteiger partial charge < -0.3 is 64.4 Å². The van der Waals surface area contributed by atoms with Crippen LogP contribution in [0.5, 0.6) is 0 Å². The number of carbonyl (C=O) groups excluding carboxylic acids is 5. The SMILES string of the molecule is CCCCCC(=O)N[C@@H](c1ccccc1)[C@@H](O)C(=O)O[C@H]1C[C@@]2(O)[C@@H](OC(=O)c3ccccc3)[C@@H]3[C@]4(OC(C)=O)CO[C@@H]4C[C@H](OC4OC[C@@H](O)[C@H](O)[C@H]4O)[C@@]3(C)C(=O)[C@H](O)C(=C1C)C2(C)C. The van der Waals surface area contributed by atoms with E-state index in [9.17, 15) is 49.8 Å². The Kier molecular flexibility index (Phi) is 14.6. The number of hydrogen-bond donors (Lipinski definition) is 7. The van der Waals surface area contributed by atoms with Crippen molar-refractivity contribution in [1.82, 2.24) is 5.32 Å². The summed E-state index contributed by atoms with van der Waals surface area (Å²) in [6, 6.07) is 14.8. The zero-order chi connectivity index (χ0) is 48.8. The fourth-order valence-electron chi connectivity index (χ4n) is 11.1. The first-order valence-corrected chi connectivity index (χ1v) is 22.9. The van der Waals surface area contributed by atoms with Gasteiger partial charge >= 0.3 is 17.9 Å². The summed E-state index contributed by atoms with van der Waals surface area (Å²) < 4.78 is 36.7. The molecule has 2 saturated heterocycles. The van der Waals surface area contributed by atoms with Crippen LogP contribution in [-0.2, 0) is 47.6 Å². The van der Waals surface area contributed by atoms with Crippen molar-refractivity contribution >= 4 is 29.6 Å². The Balaban J connectivity index is 1.37. The van der Waals surface area contributed by atoms with Crippen LogP contribution in [0.25, 0.3) is 0 Å². The number of carbonyl (C=O) groups is 5. The molecule has 3 aliphatic carbocycles. The summed E-state index contributed by atoms with van der Waals surface area (Å²) in [5.74, 6) is -6.02. The zero-order valence-electron chi connectivity index (χ0n) is 38.5. The van der Waals surface area contributed by atoms with Gasteiger partial charge in [-0.2, -0.15) is 0 Å². The highest BCUT2D eigenvalue weighted by Gasteiger charge is 2.78. The van der Waals surface area contributed by atoms with Crippen molar-refractivity contribution in [1.29, 1.82) is 0 Å². The summed E-state index contributed by atoms with van der Waals surface area (Å²) in [6.45, 7) is 8.25. The molecule has 18 heteroatoms. The highest BCUT2D eigenvalue weighted by molar-refractivity contribution is 5.94. The maximum absolute atomic E-state index is 15.7. The average Bonchev–Trinajstić information content (AvgIpc) is 3.29. The molecule has 2 aliphatic heterocycles. The number of aliphatic hydroxyl groups excluding tert-OH is 5. The molecule has 1 amide bonds. The molecular weight excluding hydrogens is 875 g/mol. The number of unbranched alkanes of at least 4 members (excludes halogenated alkanes) is 2. The van der Waals surface area contributed by atoms with Gasteiger partial charge in [0.05, 0.1) is 42.3 Å². The number of esters is 3. The van der Waals surface area contributed by atoms with E-state index in [1.54, 1.807) is 48.5 Å². The average molecular weight is 938 g/mol. The number of hydrogen-bond acceptors (Lipinski definition) is 17. The third-order valence-corrected chi connectivity index (χ3v) is 14.9. The third-order valence-electron chi connectivity index (χ3n) is 14.9. The molecule has 18 nitrogen and oxygen atoms in total. The Morgan fingerprint density at radius 3 is 2.18 bits per heavy atom. The number of nitrogens with one attached hydrogen (secondary N) is 1. The van der Waals surface area contributed by atoms with Gasteiger partial charge in [-0.15, -0.1) is 0 Å². The number of rotatable bonds is 14. The van der Waals surface area contributed by atoms with Crippen LogP contribution in [0, 0.1) is 16.7 Å². The van der Waals surface area contributed by atoms with Gasteiger partial charge in [0.15, 0.2) is 23.8 Å². The molecule has 0 radical (unpaired) electrons. The van der Waals surface area contributed by atoms with Crippen LogP contribution in [0.3, 0.4) is 0 Å². The van der Waals surface area contributed by atoms with E-state index in [0.29, 0.717) is 12.0 Å². The Hall–Kier alpha value is -4.63. The molecule has 0 spiro atoms. The van der Waals surface area contributed by atoms with Gasteiger partial charge in [0.2, 0.25) is 5.91 Å². The van der Waals surface area contributed by atoms with Gasteiger partial charge in [-0.05, 0) is 49.1 Å². The van der Waals surface area contributed by atoms with E-state index in [-0.39, 0.29) is 36.2 Å². The maximum Gasteiger partial charge on any atom is 0.338 e. The molecule has 2 saturated carbocycles. The van der Waals surface area contributed by atoms with E-state index >= 15 is 4.79 Å². The number of amides is 1. The lowest BCUT2D eigenvalue weighted by Gasteiger charge is -2.68. The smallest absolute Gasteiger partial charge is 0.338 e. The molecule has 67 heavy (non-hydrogen) atoms. The standard InChI is InChI=1S/C49H63NO17/c1-7-8-11-20-33(53)50-35(27-16-12-9-13-17-27)38(56)44(60)64-30-22-49(61)42(66-43(59)28-18-14-10-15-19-28)40-47(6,41(58)37(55)34(25(30)2)46(49,4)5)31(21-32-48(40,24-63-32)67-26(3)51)65-45-39(57)36(54)29(52)23-62-45/h9-10,12-19,29-32,35-40,42,45,52,54-57,61H,7-8,11,20-24H2,1-6H3,(H,50,53)/t29-,30+,31+,32-,35+,36+,37-,38-,39-,40+,42+,45?,47-,48+,49-/m1/s1. The first-order chi connectivity index (χ1) is 31.6. The van der Waals surface area contributed by atoms with Crippen molar-refractivity contribution < 1.29 is 83.0 Å². The van der Waals surface area contributed by atoms with Crippen molar-refractivity contribution in [3.05, 3.63) is 82.9 Å². The monoisotopic (exact) mass is 937 g/mol. The molecule has 2 aromatic carbocycles. The van der Waals surface area contributed by atoms with Crippen LogP contribution in [0.15, 0.2) is 71.8 Å². The minimum atomic E-state index is -2.45. The number of ether oxygens (including phenoxy) is 6. The Morgan fingerprint density at radius 1 is 0.910 bits per heavy atom. The van der Waals surface area contributed by atoms with Crippen molar-refractivity contribution in [3.8, 4) is 0 Å². The molecule has 2 aromatic rings. The van der Waals surface area contributed by atoms with E-state index in [1.807, 2.05) is 6.92 Å². The minimum absolute atomic E-state index is 0.0365. The first-order valence-electron chi connectivity index (χ1n) is 22.9. The van der Waals surface area contributed by atoms with E-state index in [1.165, 1.54) is 39.8 Å². The predicted molar refractivity (Wildman–Crippen MR) is 233 cm³/mol. The molecule has 5 aliphatic rings. The van der Waals surface area contributed by atoms with Crippen molar-refractivity contribution in [3.63, 3.8) is 0 Å². The Bertz CT molecular complexity index is 2200. The number of Topliss-reactive ketones (excluding diaryl/α,β-unsaturated/α-hetero) is 1. The molecule has 0 aromatic heterocycles. The van der Waals surface area contributed by atoms with Crippen LogP contribution >= 0.6 is 0 Å². The summed E-state index contributed by atoms with van der Waals surface area (Å²) in [5, 5.41) is 72.8. The Morgan fingerprint density at radius 2 is 1.57 bits per heavy atom.